The standard InChI is InChI=1S/C9H10.H2O4S/c1-2-5-9-7-3-6-8(9)4-1;1-5(2,3)4/h1-2,4-5H,3,6-7H2;(H2,1,2,3,4). The van der Waals surface area contributed by atoms with Gasteiger partial charge in [0.15, 0.2) is 0 Å². The maximum Gasteiger partial charge on any atom is 0.394 e. The molecule has 4 nitrogen and oxygen atoms in total. The summed E-state index contributed by atoms with van der Waals surface area (Å²) in [5.74, 6) is 0. The molecule has 0 heterocycles. The van der Waals surface area contributed by atoms with Crippen molar-refractivity contribution in [3.8, 4) is 0 Å². The lowest BCUT2D eigenvalue weighted by Crippen LogP contribution is -1.89. The molecular formula is C9H12O4S. The summed E-state index contributed by atoms with van der Waals surface area (Å²) in [5, 5.41) is 0. The molecule has 5 heteroatoms. The van der Waals surface area contributed by atoms with Crippen LogP contribution in [0.15, 0.2) is 24.3 Å². The Morgan fingerprint density at radius 2 is 1.36 bits per heavy atom. The highest BCUT2D eigenvalue weighted by Crippen LogP contribution is 2.20. The van der Waals surface area contributed by atoms with Gasteiger partial charge in [0.2, 0.25) is 0 Å². The third kappa shape index (κ3) is 4.36. The molecule has 1 aromatic carbocycles. The third-order valence-electron chi connectivity index (χ3n) is 2.01. The highest BCUT2D eigenvalue weighted by atomic mass is 32.3. The number of fused-ring (bicyclic) bond motifs is 1. The predicted octanol–water partition coefficient (Wildman–Crippen LogP) is 1.52. The summed E-state index contributed by atoms with van der Waals surface area (Å²) in [6.45, 7) is 0. The molecule has 2 rings (SSSR count). The molecule has 1 aliphatic carbocycles. The molecule has 0 saturated heterocycles. The van der Waals surface area contributed by atoms with E-state index in [1.54, 1.807) is 11.1 Å². The molecule has 1 aromatic rings. The van der Waals surface area contributed by atoms with Gasteiger partial charge < -0.3 is 0 Å². The van der Waals surface area contributed by atoms with Crippen molar-refractivity contribution in [1.82, 2.24) is 0 Å². The lowest BCUT2D eigenvalue weighted by Gasteiger charge is -1.93. The summed E-state index contributed by atoms with van der Waals surface area (Å²) < 4.78 is 31.6. The van der Waals surface area contributed by atoms with Crippen molar-refractivity contribution in [3.63, 3.8) is 0 Å². The Hall–Kier alpha value is -0.910. The van der Waals surface area contributed by atoms with Crippen LogP contribution in [0.4, 0.5) is 0 Å². The first-order valence-electron chi connectivity index (χ1n) is 4.23. The second-order valence-electron chi connectivity index (χ2n) is 3.07. The minimum atomic E-state index is -4.67. The van der Waals surface area contributed by atoms with Crippen molar-refractivity contribution < 1.29 is 17.5 Å². The molecule has 0 atom stereocenters. The lowest BCUT2D eigenvalue weighted by atomic mass is 10.1. The highest BCUT2D eigenvalue weighted by Gasteiger charge is 2.07. The largest absolute Gasteiger partial charge is 0.394 e. The van der Waals surface area contributed by atoms with Gasteiger partial charge in [0.25, 0.3) is 0 Å². The van der Waals surface area contributed by atoms with E-state index in [1.807, 2.05) is 0 Å². The van der Waals surface area contributed by atoms with Gasteiger partial charge in [0.1, 0.15) is 0 Å². The Balaban J connectivity index is 0.000000171. The van der Waals surface area contributed by atoms with Crippen LogP contribution in [0.5, 0.6) is 0 Å². The van der Waals surface area contributed by atoms with Crippen LogP contribution in [0.2, 0.25) is 0 Å². The zero-order valence-corrected chi connectivity index (χ0v) is 8.37. The van der Waals surface area contributed by atoms with Crippen LogP contribution in [-0.2, 0) is 23.2 Å². The van der Waals surface area contributed by atoms with E-state index in [-0.39, 0.29) is 0 Å². The second-order valence-corrected chi connectivity index (χ2v) is 3.97. The molecule has 1 aliphatic rings. The summed E-state index contributed by atoms with van der Waals surface area (Å²) in [4.78, 5) is 0. The number of benzene rings is 1. The first-order chi connectivity index (χ1) is 6.47. The molecule has 14 heavy (non-hydrogen) atoms. The van der Waals surface area contributed by atoms with Crippen LogP contribution in [0.3, 0.4) is 0 Å². The van der Waals surface area contributed by atoms with E-state index < -0.39 is 10.4 Å². The average molecular weight is 216 g/mol. The van der Waals surface area contributed by atoms with Crippen molar-refractivity contribution in [1.29, 1.82) is 0 Å². The Morgan fingerprint density at radius 3 is 1.71 bits per heavy atom. The molecule has 2 N–H and O–H groups in total. The van der Waals surface area contributed by atoms with Gasteiger partial charge in [-0.2, -0.15) is 8.42 Å². The lowest BCUT2D eigenvalue weighted by molar-refractivity contribution is 0.381. The molecule has 78 valence electrons. The van der Waals surface area contributed by atoms with E-state index in [9.17, 15) is 0 Å². The normalized spacial score (nSPS) is 14.1. The summed E-state index contributed by atoms with van der Waals surface area (Å²) in [6.07, 6.45) is 3.96. The van der Waals surface area contributed by atoms with Gasteiger partial charge in [-0.15, -0.1) is 0 Å². The molecule has 0 aromatic heterocycles. The molecule has 0 bridgehead atoms. The minimum Gasteiger partial charge on any atom is -0.264 e. The van der Waals surface area contributed by atoms with Crippen LogP contribution in [0, 0.1) is 0 Å². The van der Waals surface area contributed by atoms with Crippen LogP contribution in [0.1, 0.15) is 17.5 Å². The number of rotatable bonds is 0. The van der Waals surface area contributed by atoms with E-state index in [2.05, 4.69) is 24.3 Å². The van der Waals surface area contributed by atoms with Crippen LogP contribution < -0.4 is 0 Å². The van der Waals surface area contributed by atoms with E-state index in [1.165, 1.54) is 19.3 Å². The summed E-state index contributed by atoms with van der Waals surface area (Å²) in [6, 6.07) is 8.74. The molecule has 0 saturated carbocycles. The monoisotopic (exact) mass is 216 g/mol. The van der Waals surface area contributed by atoms with Crippen molar-refractivity contribution >= 4 is 10.4 Å². The zero-order valence-electron chi connectivity index (χ0n) is 7.55. The molecule has 0 aliphatic heterocycles. The zero-order chi connectivity index (χ0) is 10.6. The fourth-order valence-corrected chi connectivity index (χ4v) is 1.51. The van der Waals surface area contributed by atoms with Crippen LogP contribution in [-0.4, -0.2) is 17.5 Å². The average Bonchev–Trinajstić information content (AvgIpc) is 2.47. The maximum atomic E-state index is 8.74. The van der Waals surface area contributed by atoms with Gasteiger partial charge in [0, 0.05) is 0 Å². The fraction of sp³-hybridized carbons (Fsp3) is 0.333. The predicted molar refractivity (Wildman–Crippen MR) is 52.6 cm³/mol. The number of aryl methyl sites for hydroxylation is 2. The van der Waals surface area contributed by atoms with Gasteiger partial charge >= 0.3 is 10.4 Å². The van der Waals surface area contributed by atoms with Crippen molar-refractivity contribution in [3.05, 3.63) is 35.4 Å². The maximum absolute atomic E-state index is 8.74. The van der Waals surface area contributed by atoms with E-state index >= 15 is 0 Å². The summed E-state index contributed by atoms with van der Waals surface area (Å²) in [7, 11) is -4.67. The Morgan fingerprint density at radius 1 is 1.00 bits per heavy atom. The molecule has 0 unspecified atom stereocenters. The summed E-state index contributed by atoms with van der Waals surface area (Å²) >= 11 is 0. The first kappa shape index (κ1) is 11.2. The Labute approximate surface area is 83.2 Å². The minimum absolute atomic E-state index is 1.30. The third-order valence-corrected chi connectivity index (χ3v) is 2.01. The van der Waals surface area contributed by atoms with Crippen LogP contribution in [0.25, 0.3) is 0 Å². The van der Waals surface area contributed by atoms with Crippen molar-refractivity contribution in [2.45, 2.75) is 19.3 Å². The molecular weight excluding hydrogens is 204 g/mol. The Kier molecular flexibility index (Phi) is 3.62. The first-order valence-corrected chi connectivity index (χ1v) is 5.63. The quantitative estimate of drug-likeness (QED) is 0.645. The smallest absolute Gasteiger partial charge is 0.264 e. The van der Waals surface area contributed by atoms with E-state index in [4.69, 9.17) is 17.5 Å². The molecule has 0 spiro atoms. The van der Waals surface area contributed by atoms with E-state index in [0.29, 0.717) is 0 Å². The highest BCUT2D eigenvalue weighted by molar-refractivity contribution is 7.79. The number of hydrogen-bond donors (Lipinski definition) is 2. The topological polar surface area (TPSA) is 74.6 Å². The van der Waals surface area contributed by atoms with Gasteiger partial charge in [-0.3, -0.25) is 9.11 Å². The van der Waals surface area contributed by atoms with Crippen molar-refractivity contribution in [2.24, 2.45) is 0 Å². The second kappa shape index (κ2) is 4.54. The molecule has 0 fully saturated rings. The van der Waals surface area contributed by atoms with Gasteiger partial charge in [-0.05, 0) is 30.4 Å². The SMILES string of the molecule is O=S(=O)(O)O.c1ccc2c(c1)CCC2. The number of hydrogen-bond acceptors (Lipinski definition) is 2. The molecule has 0 radical (unpaired) electrons. The van der Waals surface area contributed by atoms with Gasteiger partial charge in [-0.25, -0.2) is 0 Å². The van der Waals surface area contributed by atoms with Crippen LogP contribution >= 0.6 is 0 Å². The van der Waals surface area contributed by atoms with E-state index in [0.717, 1.165) is 0 Å². The van der Waals surface area contributed by atoms with Gasteiger partial charge in [-0.1, -0.05) is 24.3 Å². The Bertz CT molecular complexity index is 366. The van der Waals surface area contributed by atoms with Crippen molar-refractivity contribution in [2.75, 3.05) is 0 Å². The fourth-order valence-electron chi connectivity index (χ4n) is 1.51. The summed E-state index contributed by atoms with van der Waals surface area (Å²) in [5.41, 5.74) is 3.13. The van der Waals surface area contributed by atoms with Gasteiger partial charge in [0.05, 0.1) is 0 Å². The molecule has 0 amide bonds.